The van der Waals surface area contributed by atoms with Crippen molar-refractivity contribution in [2.75, 3.05) is 33.8 Å². The maximum atomic E-state index is 5.75. The molecule has 0 aromatic heterocycles. The quantitative estimate of drug-likeness (QED) is 0.779. The molecule has 1 aliphatic rings. The number of halogens is 1. The van der Waals surface area contributed by atoms with E-state index in [0.29, 0.717) is 29.7 Å². The normalized spacial score (nSPS) is 22.3. The second-order valence-corrected chi connectivity index (χ2v) is 4.34. The Morgan fingerprint density at radius 1 is 1.16 bits per heavy atom. The van der Waals surface area contributed by atoms with Crippen LogP contribution >= 0.6 is 11.6 Å². The molecule has 0 amide bonds. The van der Waals surface area contributed by atoms with Gasteiger partial charge < -0.3 is 23.7 Å². The van der Waals surface area contributed by atoms with Crippen molar-refractivity contribution in [1.82, 2.24) is 0 Å². The molecule has 0 spiro atoms. The first kappa shape index (κ1) is 14.2. The minimum absolute atomic E-state index is 0.0919. The molecule has 0 saturated carbocycles. The summed E-state index contributed by atoms with van der Waals surface area (Å²) in [4.78, 5) is 0. The van der Waals surface area contributed by atoms with Crippen LogP contribution in [0.5, 0.6) is 17.2 Å². The Hall–Kier alpha value is -1.17. The van der Waals surface area contributed by atoms with Crippen molar-refractivity contribution < 1.29 is 23.7 Å². The third-order valence-corrected chi connectivity index (χ3v) is 3.23. The largest absolute Gasteiger partial charge is 0.493 e. The van der Waals surface area contributed by atoms with E-state index in [1.807, 2.05) is 12.1 Å². The Labute approximate surface area is 117 Å². The summed E-state index contributed by atoms with van der Waals surface area (Å²) in [5.41, 5.74) is 0.808. The molecule has 1 fully saturated rings. The van der Waals surface area contributed by atoms with Gasteiger partial charge in [0, 0.05) is 5.56 Å². The van der Waals surface area contributed by atoms with E-state index in [2.05, 4.69) is 0 Å². The molecule has 0 aliphatic carbocycles. The number of alkyl halides is 1. The lowest BCUT2D eigenvalue weighted by molar-refractivity contribution is -0.0569. The highest BCUT2D eigenvalue weighted by Gasteiger charge is 2.28. The maximum Gasteiger partial charge on any atom is 0.203 e. The van der Waals surface area contributed by atoms with Gasteiger partial charge in [-0.3, -0.25) is 0 Å². The molecular formula is C13H17ClO5. The summed E-state index contributed by atoms with van der Waals surface area (Å²) in [6.07, 6.45) is -0.553. The second kappa shape index (κ2) is 6.32. The van der Waals surface area contributed by atoms with E-state index in [0.717, 1.165) is 5.56 Å². The SMILES string of the molecule is COc1cc(C2OCC(CCl)O2)cc(OC)c1OC. The smallest absolute Gasteiger partial charge is 0.203 e. The number of methoxy groups -OCH3 is 3. The van der Waals surface area contributed by atoms with Gasteiger partial charge in [0.25, 0.3) is 0 Å². The fourth-order valence-corrected chi connectivity index (χ4v) is 2.10. The topological polar surface area (TPSA) is 46.2 Å². The molecule has 0 radical (unpaired) electrons. The van der Waals surface area contributed by atoms with Crippen LogP contribution in [0.2, 0.25) is 0 Å². The monoisotopic (exact) mass is 288 g/mol. The van der Waals surface area contributed by atoms with Crippen molar-refractivity contribution >= 4 is 11.6 Å². The summed E-state index contributed by atoms with van der Waals surface area (Å²) >= 11 is 5.75. The number of rotatable bonds is 5. The lowest BCUT2D eigenvalue weighted by Crippen LogP contribution is -2.11. The van der Waals surface area contributed by atoms with Gasteiger partial charge in [-0.15, -0.1) is 11.6 Å². The molecule has 2 unspecified atom stereocenters. The van der Waals surface area contributed by atoms with Gasteiger partial charge in [0.2, 0.25) is 5.75 Å². The van der Waals surface area contributed by atoms with Gasteiger partial charge in [0.05, 0.1) is 39.9 Å². The third kappa shape index (κ3) is 2.88. The zero-order chi connectivity index (χ0) is 13.8. The predicted molar refractivity (Wildman–Crippen MR) is 70.4 cm³/mol. The Bertz CT molecular complexity index is 412. The fourth-order valence-electron chi connectivity index (χ4n) is 1.94. The van der Waals surface area contributed by atoms with Crippen LogP contribution in [0.1, 0.15) is 11.9 Å². The van der Waals surface area contributed by atoms with Gasteiger partial charge in [-0.25, -0.2) is 0 Å². The van der Waals surface area contributed by atoms with Crippen molar-refractivity contribution in [3.8, 4) is 17.2 Å². The van der Waals surface area contributed by atoms with Crippen LogP contribution in [-0.2, 0) is 9.47 Å². The molecule has 2 rings (SSSR count). The van der Waals surface area contributed by atoms with Crippen molar-refractivity contribution in [2.24, 2.45) is 0 Å². The summed E-state index contributed by atoms with van der Waals surface area (Å²) in [6, 6.07) is 3.62. The predicted octanol–water partition coefficient (Wildman–Crippen LogP) is 2.37. The van der Waals surface area contributed by atoms with Crippen LogP contribution in [0.4, 0.5) is 0 Å². The minimum Gasteiger partial charge on any atom is -0.493 e. The highest BCUT2D eigenvalue weighted by Crippen LogP contribution is 2.41. The summed E-state index contributed by atoms with van der Waals surface area (Å²) in [7, 11) is 4.70. The highest BCUT2D eigenvalue weighted by molar-refractivity contribution is 6.18. The van der Waals surface area contributed by atoms with Gasteiger partial charge in [0.1, 0.15) is 0 Å². The van der Waals surface area contributed by atoms with Crippen molar-refractivity contribution in [2.45, 2.75) is 12.4 Å². The molecule has 1 aromatic carbocycles. The van der Waals surface area contributed by atoms with Crippen molar-refractivity contribution in [3.63, 3.8) is 0 Å². The van der Waals surface area contributed by atoms with E-state index in [-0.39, 0.29) is 6.10 Å². The fraction of sp³-hybridized carbons (Fsp3) is 0.538. The highest BCUT2D eigenvalue weighted by atomic mass is 35.5. The molecule has 2 atom stereocenters. The summed E-state index contributed by atoms with van der Waals surface area (Å²) in [5, 5.41) is 0. The minimum atomic E-state index is -0.461. The van der Waals surface area contributed by atoms with E-state index in [1.165, 1.54) is 0 Å². The number of benzene rings is 1. The molecule has 1 aromatic rings. The van der Waals surface area contributed by atoms with Gasteiger partial charge in [-0.1, -0.05) is 0 Å². The molecule has 1 aliphatic heterocycles. The summed E-state index contributed by atoms with van der Waals surface area (Å²) < 4.78 is 27.1. The molecule has 1 saturated heterocycles. The molecule has 6 heteroatoms. The van der Waals surface area contributed by atoms with Crippen LogP contribution in [0, 0.1) is 0 Å². The first-order valence-electron chi connectivity index (χ1n) is 5.86. The van der Waals surface area contributed by atoms with Crippen LogP contribution in [0.3, 0.4) is 0 Å². The Morgan fingerprint density at radius 3 is 2.21 bits per heavy atom. The molecule has 0 N–H and O–H groups in total. The number of ether oxygens (including phenoxy) is 5. The van der Waals surface area contributed by atoms with Crippen LogP contribution in [0.15, 0.2) is 12.1 Å². The van der Waals surface area contributed by atoms with Gasteiger partial charge >= 0.3 is 0 Å². The number of hydrogen-bond donors (Lipinski definition) is 0. The molecule has 19 heavy (non-hydrogen) atoms. The van der Waals surface area contributed by atoms with Gasteiger partial charge in [-0.2, -0.15) is 0 Å². The Morgan fingerprint density at radius 2 is 1.79 bits per heavy atom. The molecule has 106 valence electrons. The van der Waals surface area contributed by atoms with E-state index in [4.69, 9.17) is 35.3 Å². The van der Waals surface area contributed by atoms with E-state index in [1.54, 1.807) is 21.3 Å². The van der Waals surface area contributed by atoms with Crippen molar-refractivity contribution in [3.05, 3.63) is 17.7 Å². The van der Waals surface area contributed by atoms with E-state index >= 15 is 0 Å². The average molecular weight is 289 g/mol. The standard InChI is InChI=1S/C13H17ClO5/c1-15-10-4-8(5-11(16-2)12(10)17-3)13-18-7-9(6-14)19-13/h4-5,9,13H,6-7H2,1-3H3. The first-order valence-corrected chi connectivity index (χ1v) is 6.39. The van der Waals surface area contributed by atoms with Crippen LogP contribution < -0.4 is 14.2 Å². The third-order valence-electron chi connectivity index (χ3n) is 2.88. The maximum absolute atomic E-state index is 5.75. The molecule has 5 nitrogen and oxygen atoms in total. The Balaban J connectivity index is 2.31. The average Bonchev–Trinajstić information content (AvgIpc) is 2.94. The molecule has 0 bridgehead atoms. The Kier molecular flexibility index (Phi) is 4.74. The zero-order valence-corrected chi connectivity index (χ0v) is 11.9. The van der Waals surface area contributed by atoms with E-state index in [9.17, 15) is 0 Å². The number of hydrogen-bond acceptors (Lipinski definition) is 5. The van der Waals surface area contributed by atoms with Crippen LogP contribution in [0.25, 0.3) is 0 Å². The molecule has 1 heterocycles. The second-order valence-electron chi connectivity index (χ2n) is 4.04. The van der Waals surface area contributed by atoms with Crippen LogP contribution in [-0.4, -0.2) is 39.9 Å². The first-order chi connectivity index (χ1) is 9.23. The molecular weight excluding hydrogens is 272 g/mol. The lowest BCUT2D eigenvalue weighted by Gasteiger charge is -2.16. The summed E-state index contributed by atoms with van der Waals surface area (Å²) in [6.45, 7) is 0.477. The van der Waals surface area contributed by atoms with Gasteiger partial charge in [0.15, 0.2) is 17.8 Å². The lowest BCUT2D eigenvalue weighted by atomic mass is 10.1. The van der Waals surface area contributed by atoms with Gasteiger partial charge in [-0.05, 0) is 12.1 Å². The van der Waals surface area contributed by atoms with E-state index < -0.39 is 6.29 Å². The van der Waals surface area contributed by atoms with Crippen molar-refractivity contribution in [1.29, 1.82) is 0 Å². The zero-order valence-electron chi connectivity index (χ0n) is 11.1. The summed E-state index contributed by atoms with van der Waals surface area (Å²) in [5.74, 6) is 2.08.